The summed E-state index contributed by atoms with van der Waals surface area (Å²) >= 11 is 0. The topological polar surface area (TPSA) is 124 Å². The largest absolute Gasteiger partial charge is 0.493 e. The molecule has 2 spiro atoms. The molecule has 47 heavy (non-hydrogen) atoms. The molecule has 4 saturated heterocycles. The number of cyclic esters (lactones) is 2. The molecule has 6 unspecified atom stereocenters. The Morgan fingerprint density at radius 2 is 0.915 bits per heavy atom. The summed E-state index contributed by atoms with van der Waals surface area (Å²) in [7, 11) is 0. The Bertz CT molecular complexity index is 1560. The summed E-state index contributed by atoms with van der Waals surface area (Å²) in [6, 6.07) is 14.7. The molecule has 7 rings (SSSR count). The molecule has 0 radical (unpaired) electrons. The summed E-state index contributed by atoms with van der Waals surface area (Å²) in [4.78, 5) is 56.3. The van der Waals surface area contributed by atoms with Crippen LogP contribution in [0.1, 0.15) is 83.8 Å². The van der Waals surface area contributed by atoms with E-state index in [1.54, 1.807) is 27.7 Å². The Balaban J connectivity index is 1.25. The molecule has 2 aromatic carbocycles. The molecule has 0 N–H and O–H groups in total. The maximum absolute atomic E-state index is 14.1. The van der Waals surface area contributed by atoms with Crippen molar-refractivity contribution in [2.45, 2.75) is 95.0 Å². The van der Waals surface area contributed by atoms with E-state index in [1.807, 2.05) is 62.4 Å². The zero-order chi connectivity index (χ0) is 33.6. The van der Waals surface area contributed by atoms with Crippen molar-refractivity contribution in [1.82, 2.24) is 0 Å². The average Bonchev–Trinajstić information content (AvgIpc) is 3.65. The van der Waals surface area contributed by atoms with E-state index in [2.05, 4.69) is 0 Å². The van der Waals surface area contributed by atoms with Crippen LogP contribution < -0.4 is 9.47 Å². The molecular weight excluding hydrogens is 604 g/mol. The van der Waals surface area contributed by atoms with E-state index in [4.69, 9.17) is 28.4 Å². The number of fused-ring (bicyclic) bond motifs is 6. The predicted molar refractivity (Wildman–Crippen MR) is 167 cm³/mol. The van der Waals surface area contributed by atoms with Crippen molar-refractivity contribution in [3.63, 3.8) is 0 Å². The molecule has 250 valence electrons. The highest BCUT2D eigenvalue weighted by Crippen LogP contribution is 2.66. The molecule has 10 nitrogen and oxygen atoms in total. The Morgan fingerprint density at radius 1 is 0.532 bits per heavy atom. The third-order valence-corrected chi connectivity index (χ3v) is 11.9. The number of carbonyl (C=O) groups excluding carboxylic acids is 4. The van der Waals surface area contributed by atoms with E-state index in [0.29, 0.717) is 55.1 Å². The second-order valence-electron chi connectivity index (χ2n) is 15.0. The smallest absolute Gasteiger partial charge is 0.347 e. The van der Waals surface area contributed by atoms with Gasteiger partial charge in [-0.2, -0.15) is 0 Å². The number of esters is 2. The first kappa shape index (κ1) is 31.8. The maximum atomic E-state index is 14.1. The molecule has 0 aliphatic carbocycles. The number of hydrogen-bond acceptors (Lipinski definition) is 10. The maximum Gasteiger partial charge on any atom is 0.347 e. The second-order valence-corrected chi connectivity index (χ2v) is 15.0. The number of para-hydroxylation sites is 2. The first-order valence-electron chi connectivity index (χ1n) is 16.4. The lowest BCUT2D eigenvalue weighted by atomic mass is 9.59. The molecule has 4 fully saturated rings. The van der Waals surface area contributed by atoms with Gasteiger partial charge in [-0.05, 0) is 66.5 Å². The minimum Gasteiger partial charge on any atom is -0.493 e. The molecule has 10 heteroatoms. The van der Waals surface area contributed by atoms with Crippen LogP contribution in [0.2, 0.25) is 0 Å². The molecule has 5 aliphatic rings. The van der Waals surface area contributed by atoms with Gasteiger partial charge in [0.05, 0.1) is 35.2 Å². The lowest BCUT2D eigenvalue weighted by molar-refractivity contribution is -0.180. The minimum absolute atomic E-state index is 0.300. The second kappa shape index (κ2) is 10.4. The van der Waals surface area contributed by atoms with Gasteiger partial charge in [0.2, 0.25) is 11.2 Å². The van der Waals surface area contributed by atoms with Crippen molar-refractivity contribution in [1.29, 1.82) is 0 Å². The normalized spacial score (nSPS) is 37.5. The molecule has 2 aromatic rings. The van der Waals surface area contributed by atoms with E-state index in [0.717, 1.165) is 0 Å². The monoisotopic (exact) mass is 646 g/mol. The van der Waals surface area contributed by atoms with Crippen molar-refractivity contribution in [2.24, 2.45) is 10.8 Å². The molecule has 0 saturated carbocycles. The molecular formula is C37H42O10. The quantitative estimate of drug-likeness (QED) is 0.290. The van der Waals surface area contributed by atoms with Gasteiger partial charge in [-0.3, -0.25) is 9.59 Å². The van der Waals surface area contributed by atoms with Crippen molar-refractivity contribution in [3.8, 4) is 11.5 Å². The number of benzene rings is 2. The summed E-state index contributed by atoms with van der Waals surface area (Å²) < 4.78 is 36.8. The summed E-state index contributed by atoms with van der Waals surface area (Å²) in [6.07, 6.45) is 1.31. The highest BCUT2D eigenvalue weighted by Gasteiger charge is 2.79. The Labute approximate surface area is 274 Å². The van der Waals surface area contributed by atoms with Crippen molar-refractivity contribution < 1.29 is 47.6 Å². The van der Waals surface area contributed by atoms with Gasteiger partial charge in [0.15, 0.2) is 11.6 Å². The van der Waals surface area contributed by atoms with Crippen LogP contribution in [-0.4, -0.2) is 72.3 Å². The fourth-order valence-electron chi connectivity index (χ4n) is 8.50. The van der Waals surface area contributed by atoms with Gasteiger partial charge in [-0.1, -0.05) is 36.4 Å². The highest BCUT2D eigenvalue weighted by atomic mass is 16.6. The molecule has 4 bridgehead atoms. The van der Waals surface area contributed by atoms with Gasteiger partial charge in [-0.25, -0.2) is 9.59 Å². The number of ketones is 2. The zero-order valence-corrected chi connectivity index (χ0v) is 27.8. The number of rotatable bonds is 0. The first-order chi connectivity index (χ1) is 22.2. The molecule has 0 amide bonds. The Kier molecular flexibility index (Phi) is 7.02. The van der Waals surface area contributed by atoms with E-state index in [-0.39, 0.29) is 24.8 Å². The predicted octanol–water partition coefficient (Wildman–Crippen LogP) is 4.86. The molecule has 5 heterocycles. The summed E-state index contributed by atoms with van der Waals surface area (Å²) in [5, 5.41) is 0. The lowest BCUT2D eigenvalue weighted by Gasteiger charge is -2.39. The van der Waals surface area contributed by atoms with Crippen LogP contribution in [0.5, 0.6) is 11.5 Å². The van der Waals surface area contributed by atoms with Gasteiger partial charge in [0.1, 0.15) is 24.7 Å². The van der Waals surface area contributed by atoms with Crippen LogP contribution in [0.3, 0.4) is 0 Å². The van der Waals surface area contributed by atoms with Crippen molar-refractivity contribution >= 4 is 23.5 Å². The average molecular weight is 647 g/mol. The van der Waals surface area contributed by atoms with E-state index < -0.39 is 57.0 Å². The van der Waals surface area contributed by atoms with Gasteiger partial charge in [0, 0.05) is 29.4 Å². The van der Waals surface area contributed by atoms with Crippen LogP contribution >= 0.6 is 0 Å². The fraction of sp³-hybridized carbons (Fsp3) is 0.568. The van der Waals surface area contributed by atoms with E-state index in [9.17, 15) is 19.2 Å². The number of Topliss-reactive ketones (excluding diaryl/α,β-unsaturated/α-hetero) is 2. The molecule has 0 aromatic heterocycles. The Morgan fingerprint density at radius 3 is 1.30 bits per heavy atom. The lowest BCUT2D eigenvalue weighted by Crippen LogP contribution is -2.55. The highest BCUT2D eigenvalue weighted by molar-refractivity contribution is 6.15. The van der Waals surface area contributed by atoms with Crippen LogP contribution in [0.15, 0.2) is 48.5 Å². The van der Waals surface area contributed by atoms with Gasteiger partial charge < -0.3 is 28.4 Å². The van der Waals surface area contributed by atoms with E-state index in [1.165, 1.54) is 0 Å². The van der Waals surface area contributed by atoms with Crippen LogP contribution in [-0.2, 0) is 38.1 Å². The first-order valence-corrected chi connectivity index (χ1v) is 16.4. The van der Waals surface area contributed by atoms with Crippen LogP contribution in [0, 0.1) is 10.8 Å². The third kappa shape index (κ3) is 4.09. The minimum atomic E-state index is -1.90. The van der Waals surface area contributed by atoms with Crippen molar-refractivity contribution in [2.75, 3.05) is 26.4 Å². The fourth-order valence-corrected chi connectivity index (χ4v) is 8.50. The summed E-state index contributed by atoms with van der Waals surface area (Å²) in [6.45, 7) is 10.8. The molecule has 6 atom stereocenters. The van der Waals surface area contributed by atoms with Crippen molar-refractivity contribution in [3.05, 3.63) is 59.7 Å². The SMILES string of the molecule is CC12CC3c4ccccc4OCCCOc4ccccc4C4CC5(C)OC4(C(=O)OCCOC(=O)C3(O1)C(=O)C2(C)C)C(=O)C5(C)C. The standard InChI is InChI=1S/C37H42O10/c1-32(2)28(38)36-24(20-34(32,5)46-36)22-12-7-9-14-26(22)42-16-11-17-43-27-15-10-8-13-23(27)25-21-35(6)33(3,4)29(39)37(25,47-35)31(41)45-19-18-44-30(36)40/h7-10,12-15,24-25H,11,16-21H2,1-6H3. The van der Waals surface area contributed by atoms with Gasteiger partial charge in [0.25, 0.3) is 0 Å². The number of hydrogen-bond donors (Lipinski definition) is 0. The van der Waals surface area contributed by atoms with E-state index >= 15 is 0 Å². The van der Waals surface area contributed by atoms with Crippen LogP contribution in [0.25, 0.3) is 0 Å². The molecule has 5 aliphatic heterocycles. The zero-order valence-electron chi connectivity index (χ0n) is 27.8. The summed E-state index contributed by atoms with van der Waals surface area (Å²) in [5.41, 5.74) is -6.21. The number of ether oxygens (including phenoxy) is 6. The van der Waals surface area contributed by atoms with Crippen LogP contribution in [0.4, 0.5) is 0 Å². The third-order valence-electron chi connectivity index (χ3n) is 11.9. The Hall–Kier alpha value is -3.76. The van der Waals surface area contributed by atoms with Gasteiger partial charge >= 0.3 is 11.9 Å². The summed E-state index contributed by atoms with van der Waals surface area (Å²) in [5.74, 6) is -2.62. The number of carbonyl (C=O) groups is 4. The van der Waals surface area contributed by atoms with Gasteiger partial charge in [-0.15, -0.1) is 0 Å².